The van der Waals surface area contributed by atoms with Gasteiger partial charge in [-0.2, -0.15) is 0 Å². The molecule has 0 radical (unpaired) electrons. The van der Waals surface area contributed by atoms with Crippen LogP contribution in [0.15, 0.2) is 73.1 Å². The maximum absolute atomic E-state index is 12.8. The lowest BCUT2D eigenvalue weighted by Crippen LogP contribution is -2.55. The zero-order valence-corrected chi connectivity index (χ0v) is 22.4. The molecule has 2 aliphatic rings. The first-order valence-corrected chi connectivity index (χ1v) is 13.6. The van der Waals surface area contributed by atoms with Gasteiger partial charge in [0.25, 0.3) is 0 Å². The number of nitrogens with zero attached hydrogens (tertiary/aromatic N) is 2. The molecular weight excluding hydrogens is 494 g/mol. The number of benzene rings is 2. The number of ether oxygens (including phenoxy) is 3. The zero-order valence-electron chi connectivity index (χ0n) is 22.4. The van der Waals surface area contributed by atoms with Crippen LogP contribution in [0.2, 0.25) is 0 Å². The summed E-state index contributed by atoms with van der Waals surface area (Å²) in [5.74, 6) is 0.714. The van der Waals surface area contributed by atoms with Gasteiger partial charge in [0, 0.05) is 43.6 Å². The molecule has 39 heavy (non-hydrogen) atoms. The van der Waals surface area contributed by atoms with Gasteiger partial charge >= 0.3 is 0 Å². The second kappa shape index (κ2) is 13.2. The van der Waals surface area contributed by atoms with Crippen LogP contribution in [0.4, 0.5) is 0 Å². The van der Waals surface area contributed by atoms with Crippen LogP contribution in [-0.2, 0) is 27.4 Å². The van der Waals surface area contributed by atoms with Crippen molar-refractivity contribution in [3.05, 3.63) is 84.2 Å². The number of carbonyl (C=O) groups excluding carboxylic acids is 1. The quantitative estimate of drug-likeness (QED) is 0.459. The van der Waals surface area contributed by atoms with Crippen molar-refractivity contribution in [2.45, 2.75) is 56.7 Å². The average molecular weight is 532 g/mol. The van der Waals surface area contributed by atoms with E-state index in [0.29, 0.717) is 32.7 Å². The molecule has 0 bridgehead atoms. The molecule has 2 aliphatic heterocycles. The molecule has 8 heteroatoms. The van der Waals surface area contributed by atoms with Gasteiger partial charge in [-0.15, -0.1) is 0 Å². The monoisotopic (exact) mass is 531 g/mol. The van der Waals surface area contributed by atoms with Gasteiger partial charge < -0.3 is 24.6 Å². The van der Waals surface area contributed by atoms with Crippen LogP contribution in [-0.4, -0.2) is 72.1 Å². The van der Waals surface area contributed by atoms with Crippen molar-refractivity contribution >= 4 is 5.91 Å². The Hall–Kier alpha value is -3.30. The molecule has 206 valence electrons. The third kappa shape index (κ3) is 7.22. The number of aliphatic hydroxyl groups is 1. The number of fused-ring (bicyclic) bond motifs is 1. The number of aromatic nitrogens is 1. The van der Waals surface area contributed by atoms with Crippen LogP contribution in [0.5, 0.6) is 5.75 Å². The topological polar surface area (TPSA) is 93.2 Å². The molecule has 2 aromatic carbocycles. The number of aliphatic hydroxyl groups excluding tert-OH is 1. The average Bonchev–Trinajstić information content (AvgIpc) is 2.96. The summed E-state index contributed by atoms with van der Waals surface area (Å²) < 4.78 is 17.6. The molecule has 1 amide bonds. The number of hydrogen-bond donors (Lipinski definition) is 2. The molecule has 4 atom stereocenters. The maximum atomic E-state index is 12.8. The number of nitrogens with one attached hydrogen (secondary N) is 1. The molecule has 2 fully saturated rings. The number of carbonyl (C=O) groups is 1. The van der Waals surface area contributed by atoms with Crippen molar-refractivity contribution in [1.82, 2.24) is 15.2 Å². The molecule has 2 N–H and O–H groups in total. The Balaban J connectivity index is 1.21. The van der Waals surface area contributed by atoms with Crippen LogP contribution in [0.1, 0.15) is 30.4 Å². The fraction of sp³-hybridized carbons (Fsp3) is 0.419. The molecular formula is C31H37N3O5. The van der Waals surface area contributed by atoms with Crippen LogP contribution < -0.4 is 10.1 Å². The predicted octanol–water partition coefficient (Wildman–Crippen LogP) is 3.57. The Labute approximate surface area is 229 Å². The number of hydrogen-bond acceptors (Lipinski definition) is 7. The van der Waals surface area contributed by atoms with E-state index in [4.69, 9.17) is 14.2 Å². The summed E-state index contributed by atoms with van der Waals surface area (Å²) in [6, 6.07) is 20.3. The molecule has 3 aromatic rings. The highest BCUT2D eigenvalue weighted by Gasteiger charge is 2.38. The summed E-state index contributed by atoms with van der Waals surface area (Å²) in [5, 5.41) is 13.6. The Morgan fingerprint density at radius 1 is 1.08 bits per heavy atom. The molecule has 1 aromatic heterocycles. The second-order valence-corrected chi connectivity index (χ2v) is 10.3. The van der Waals surface area contributed by atoms with Crippen molar-refractivity contribution in [1.29, 1.82) is 0 Å². The van der Waals surface area contributed by atoms with Gasteiger partial charge in [-0.25, -0.2) is 0 Å². The van der Waals surface area contributed by atoms with E-state index in [-0.39, 0.29) is 30.8 Å². The largest absolute Gasteiger partial charge is 0.496 e. The van der Waals surface area contributed by atoms with Gasteiger partial charge in [0.1, 0.15) is 5.75 Å². The van der Waals surface area contributed by atoms with E-state index in [1.54, 1.807) is 19.5 Å². The van der Waals surface area contributed by atoms with Crippen LogP contribution in [0.25, 0.3) is 11.1 Å². The number of β-amino-alcohol motifs (C(OH)–C–C–N with tert-alkyl or cyclic N) is 1. The van der Waals surface area contributed by atoms with Crippen molar-refractivity contribution in [2.24, 2.45) is 0 Å². The van der Waals surface area contributed by atoms with Gasteiger partial charge in [-0.1, -0.05) is 36.4 Å². The van der Waals surface area contributed by atoms with Gasteiger partial charge in [-0.05, 0) is 53.8 Å². The highest BCUT2D eigenvalue weighted by Crippen LogP contribution is 2.29. The first-order valence-electron chi connectivity index (χ1n) is 13.6. The summed E-state index contributed by atoms with van der Waals surface area (Å²) in [7, 11) is 1.63. The van der Waals surface area contributed by atoms with Crippen LogP contribution in [0.3, 0.4) is 0 Å². The first kappa shape index (κ1) is 27.3. The van der Waals surface area contributed by atoms with E-state index < -0.39 is 6.10 Å². The summed E-state index contributed by atoms with van der Waals surface area (Å²) in [4.78, 5) is 19.2. The van der Waals surface area contributed by atoms with Crippen LogP contribution >= 0.6 is 0 Å². The standard InChI is InChI=1S/C31H37N3O5/c1-37-29-8-3-2-6-25(29)17-33-31(36)16-27-9-10-28-30(39-27)21-38-20-26(35)19-34(28)18-22-5-4-7-24(15-22)23-11-13-32-14-12-23/h2-8,11-15,26-28,30,35H,9-10,16-21H2,1H3,(H,33,36)/t26-,27+,28-,30+/m1/s1. The highest BCUT2D eigenvalue weighted by atomic mass is 16.5. The Kier molecular flexibility index (Phi) is 9.21. The lowest BCUT2D eigenvalue weighted by molar-refractivity contribution is -0.158. The highest BCUT2D eigenvalue weighted by molar-refractivity contribution is 5.76. The molecule has 2 saturated heterocycles. The van der Waals surface area contributed by atoms with Gasteiger partial charge in [-0.3, -0.25) is 14.7 Å². The summed E-state index contributed by atoms with van der Waals surface area (Å²) >= 11 is 0. The Morgan fingerprint density at radius 2 is 1.92 bits per heavy atom. The fourth-order valence-corrected chi connectivity index (χ4v) is 5.58. The van der Waals surface area contributed by atoms with Gasteiger partial charge in [0.2, 0.25) is 5.91 Å². The normalized spacial score (nSPS) is 23.7. The fourth-order valence-electron chi connectivity index (χ4n) is 5.58. The van der Waals surface area contributed by atoms with E-state index in [1.165, 1.54) is 5.56 Å². The maximum Gasteiger partial charge on any atom is 0.222 e. The third-order valence-corrected chi connectivity index (χ3v) is 7.50. The molecule has 0 aliphatic carbocycles. The van der Waals surface area contributed by atoms with E-state index >= 15 is 0 Å². The molecule has 5 rings (SSSR count). The van der Waals surface area contributed by atoms with Crippen molar-refractivity contribution in [2.75, 3.05) is 26.9 Å². The predicted molar refractivity (Wildman–Crippen MR) is 148 cm³/mol. The molecule has 0 saturated carbocycles. The first-order chi connectivity index (χ1) is 19.1. The number of para-hydroxylation sites is 1. The third-order valence-electron chi connectivity index (χ3n) is 7.50. The molecule has 0 unspecified atom stereocenters. The SMILES string of the molecule is COc1ccccc1CNC(=O)C[C@@H]1CC[C@@H]2[C@H](COC[C@H](O)CN2Cc2cccc(-c3ccncc3)c2)O1. The van der Waals surface area contributed by atoms with E-state index in [1.807, 2.05) is 36.4 Å². The smallest absolute Gasteiger partial charge is 0.222 e. The van der Waals surface area contributed by atoms with Crippen molar-refractivity contribution in [3.8, 4) is 16.9 Å². The molecule has 3 heterocycles. The minimum atomic E-state index is -0.562. The zero-order chi connectivity index (χ0) is 27.0. The minimum absolute atomic E-state index is 0.0451. The summed E-state index contributed by atoms with van der Waals surface area (Å²) in [5.41, 5.74) is 4.38. The Morgan fingerprint density at radius 3 is 2.77 bits per heavy atom. The number of rotatable bonds is 8. The van der Waals surface area contributed by atoms with E-state index in [9.17, 15) is 9.90 Å². The minimum Gasteiger partial charge on any atom is -0.496 e. The van der Waals surface area contributed by atoms with Crippen LogP contribution in [0, 0.1) is 0 Å². The Bertz CT molecular complexity index is 1220. The van der Waals surface area contributed by atoms with E-state index in [0.717, 1.165) is 35.3 Å². The number of pyridine rings is 1. The lowest BCUT2D eigenvalue weighted by atomic mass is 9.94. The van der Waals surface area contributed by atoms with E-state index in [2.05, 4.69) is 39.5 Å². The van der Waals surface area contributed by atoms with Gasteiger partial charge in [0.05, 0.1) is 45.1 Å². The second-order valence-electron chi connectivity index (χ2n) is 10.3. The number of methoxy groups -OCH3 is 1. The van der Waals surface area contributed by atoms with Gasteiger partial charge in [0.15, 0.2) is 0 Å². The molecule has 8 nitrogen and oxygen atoms in total. The van der Waals surface area contributed by atoms with Crippen molar-refractivity contribution < 1.29 is 24.1 Å². The number of amides is 1. The summed E-state index contributed by atoms with van der Waals surface area (Å²) in [6.45, 7) is 2.28. The van der Waals surface area contributed by atoms with Crippen molar-refractivity contribution in [3.63, 3.8) is 0 Å². The lowest BCUT2D eigenvalue weighted by Gasteiger charge is -2.44. The summed E-state index contributed by atoms with van der Waals surface area (Å²) in [6.07, 6.45) is 4.64. The molecule has 0 spiro atoms.